The molecule has 1 unspecified atom stereocenters. The van der Waals surface area contributed by atoms with Crippen molar-refractivity contribution in [1.29, 1.82) is 0 Å². The first-order valence-electron chi connectivity index (χ1n) is 8.94. The fraction of sp³-hybridized carbons (Fsp3) is 0.200. The van der Waals surface area contributed by atoms with E-state index in [1.807, 2.05) is 24.3 Å². The Bertz CT molecular complexity index is 1200. The van der Waals surface area contributed by atoms with Gasteiger partial charge in [0.25, 0.3) is 5.89 Å². The molecule has 140 valence electrons. The van der Waals surface area contributed by atoms with Crippen LogP contribution >= 0.6 is 0 Å². The minimum Gasteiger partial charge on any atom is -0.332 e. The van der Waals surface area contributed by atoms with Gasteiger partial charge in [-0.25, -0.2) is 4.39 Å². The summed E-state index contributed by atoms with van der Waals surface area (Å²) in [5.41, 5.74) is 2.49. The largest absolute Gasteiger partial charge is 0.332 e. The van der Waals surface area contributed by atoms with Crippen LogP contribution in [0.15, 0.2) is 47.0 Å². The molecule has 1 saturated heterocycles. The number of nitrogens with zero attached hydrogens (tertiary/aromatic N) is 4. The average molecular weight is 377 g/mol. The summed E-state index contributed by atoms with van der Waals surface area (Å²) in [7, 11) is 0. The molecule has 0 aliphatic carbocycles. The second-order valence-electron chi connectivity index (χ2n) is 6.86. The van der Waals surface area contributed by atoms with Gasteiger partial charge in [0.1, 0.15) is 5.82 Å². The predicted molar refractivity (Wildman–Crippen MR) is 100 cm³/mol. The van der Waals surface area contributed by atoms with Gasteiger partial charge in [-0.1, -0.05) is 29.4 Å². The Balaban J connectivity index is 1.44. The number of hydrogen-bond acceptors (Lipinski definition) is 5. The lowest BCUT2D eigenvalue weighted by Crippen LogP contribution is -2.25. The molecule has 2 aromatic carbocycles. The predicted octanol–water partition coefficient (Wildman–Crippen LogP) is 3.58. The molecule has 0 radical (unpaired) electrons. The number of amides is 1. The summed E-state index contributed by atoms with van der Waals surface area (Å²) in [5, 5.41) is 12.2. The monoisotopic (exact) mass is 377 g/mol. The number of fused-ring (bicyclic) bond motifs is 1. The Morgan fingerprint density at radius 2 is 2.07 bits per heavy atom. The first-order valence-corrected chi connectivity index (χ1v) is 8.94. The van der Waals surface area contributed by atoms with Crippen molar-refractivity contribution in [2.24, 2.45) is 0 Å². The van der Waals surface area contributed by atoms with Crippen molar-refractivity contribution in [1.82, 2.24) is 20.3 Å². The zero-order valence-electron chi connectivity index (χ0n) is 15.0. The van der Waals surface area contributed by atoms with Gasteiger partial charge >= 0.3 is 0 Å². The van der Waals surface area contributed by atoms with Crippen LogP contribution in [0.5, 0.6) is 0 Å². The summed E-state index contributed by atoms with van der Waals surface area (Å²) in [6.07, 6.45) is 0.246. The molecule has 8 heteroatoms. The highest BCUT2D eigenvalue weighted by molar-refractivity contribution is 5.97. The van der Waals surface area contributed by atoms with Crippen LogP contribution in [0, 0.1) is 12.7 Å². The van der Waals surface area contributed by atoms with Crippen LogP contribution in [0.25, 0.3) is 22.5 Å². The minimum atomic E-state index is -0.332. The van der Waals surface area contributed by atoms with E-state index >= 15 is 0 Å². The summed E-state index contributed by atoms with van der Waals surface area (Å²) in [6, 6.07) is 12.4. The van der Waals surface area contributed by atoms with Crippen LogP contribution in [-0.2, 0) is 4.79 Å². The van der Waals surface area contributed by atoms with Gasteiger partial charge in [0.05, 0.1) is 5.52 Å². The van der Waals surface area contributed by atoms with Crippen molar-refractivity contribution in [2.75, 3.05) is 11.4 Å². The van der Waals surface area contributed by atoms with Crippen molar-refractivity contribution in [3.05, 3.63) is 59.7 Å². The summed E-state index contributed by atoms with van der Waals surface area (Å²) in [5.74, 6) is 0.112. The van der Waals surface area contributed by atoms with E-state index in [2.05, 4.69) is 20.3 Å². The number of benzene rings is 2. The number of carbonyl (C=O) groups is 1. The van der Waals surface area contributed by atoms with E-state index in [4.69, 9.17) is 4.52 Å². The lowest BCUT2D eigenvalue weighted by molar-refractivity contribution is -0.117. The van der Waals surface area contributed by atoms with Crippen LogP contribution in [0.2, 0.25) is 0 Å². The van der Waals surface area contributed by atoms with E-state index in [9.17, 15) is 9.18 Å². The van der Waals surface area contributed by atoms with Gasteiger partial charge in [0.15, 0.2) is 11.5 Å². The van der Waals surface area contributed by atoms with E-state index in [0.717, 1.165) is 10.9 Å². The number of aromatic amines is 1. The molecule has 1 aliphatic rings. The molecule has 1 fully saturated rings. The standard InChI is InChI=1S/C20H16FN5O2/c1-11-14(21)6-4-8-16(11)26-10-12(9-17(26)27)19-22-20(28-25-19)18-13-5-2-3-7-15(13)23-24-18/h2-8,12H,9-10H2,1H3,(H,23,24). The maximum Gasteiger partial charge on any atom is 0.279 e. The number of halogens is 1. The first-order chi connectivity index (χ1) is 13.6. The summed E-state index contributed by atoms with van der Waals surface area (Å²) >= 11 is 0. The molecule has 2 aromatic heterocycles. The molecule has 0 bridgehead atoms. The molecular formula is C20H16FN5O2. The third kappa shape index (κ3) is 2.57. The molecule has 28 heavy (non-hydrogen) atoms. The molecule has 7 nitrogen and oxygen atoms in total. The number of para-hydroxylation sites is 1. The lowest BCUT2D eigenvalue weighted by atomic mass is 10.1. The second-order valence-corrected chi connectivity index (χ2v) is 6.86. The van der Waals surface area contributed by atoms with Gasteiger partial charge in [-0.15, -0.1) is 0 Å². The van der Waals surface area contributed by atoms with Crippen LogP contribution in [0.3, 0.4) is 0 Å². The molecule has 0 saturated carbocycles. The molecule has 1 aliphatic heterocycles. The van der Waals surface area contributed by atoms with Crippen LogP contribution in [-0.4, -0.2) is 32.8 Å². The molecule has 5 rings (SSSR count). The second kappa shape index (κ2) is 6.26. The van der Waals surface area contributed by atoms with Crippen molar-refractivity contribution in [3.63, 3.8) is 0 Å². The Kier molecular flexibility index (Phi) is 3.71. The van der Waals surface area contributed by atoms with Crippen molar-refractivity contribution >= 4 is 22.5 Å². The zero-order chi connectivity index (χ0) is 19.3. The third-order valence-electron chi connectivity index (χ3n) is 5.13. The van der Waals surface area contributed by atoms with Crippen LogP contribution in [0.4, 0.5) is 10.1 Å². The van der Waals surface area contributed by atoms with Crippen molar-refractivity contribution < 1.29 is 13.7 Å². The van der Waals surface area contributed by atoms with Gasteiger partial charge < -0.3 is 9.42 Å². The molecule has 0 spiro atoms. The van der Waals surface area contributed by atoms with Gasteiger partial charge in [-0.3, -0.25) is 9.89 Å². The number of nitrogens with one attached hydrogen (secondary N) is 1. The smallest absolute Gasteiger partial charge is 0.279 e. The minimum absolute atomic E-state index is 0.0877. The van der Waals surface area contributed by atoms with Crippen LogP contribution < -0.4 is 4.90 Å². The quantitative estimate of drug-likeness (QED) is 0.590. The molecule has 4 aromatic rings. The summed E-state index contributed by atoms with van der Waals surface area (Å²) in [6.45, 7) is 2.05. The Hall–Kier alpha value is -3.55. The normalized spacial score (nSPS) is 17.0. The lowest BCUT2D eigenvalue weighted by Gasteiger charge is -2.18. The first kappa shape index (κ1) is 16.6. The highest BCUT2D eigenvalue weighted by Crippen LogP contribution is 2.34. The molecule has 1 amide bonds. The number of rotatable bonds is 3. The van der Waals surface area contributed by atoms with Crippen molar-refractivity contribution in [2.45, 2.75) is 19.3 Å². The number of hydrogen-bond donors (Lipinski definition) is 1. The van der Waals surface area contributed by atoms with E-state index in [0.29, 0.717) is 35.2 Å². The van der Waals surface area contributed by atoms with Gasteiger partial charge in [0.2, 0.25) is 5.91 Å². The Morgan fingerprint density at radius 1 is 1.21 bits per heavy atom. The molecule has 1 N–H and O–H groups in total. The van der Waals surface area contributed by atoms with Crippen LogP contribution in [0.1, 0.15) is 23.7 Å². The average Bonchev–Trinajstić information content (AvgIpc) is 3.41. The Labute approximate surface area is 159 Å². The van der Waals surface area contributed by atoms with E-state index in [1.165, 1.54) is 6.07 Å². The number of anilines is 1. The number of aromatic nitrogens is 4. The summed E-state index contributed by atoms with van der Waals surface area (Å²) < 4.78 is 19.3. The number of carbonyl (C=O) groups excluding carboxylic acids is 1. The summed E-state index contributed by atoms with van der Waals surface area (Å²) in [4.78, 5) is 18.6. The highest BCUT2D eigenvalue weighted by Gasteiger charge is 2.35. The molecule has 3 heterocycles. The topological polar surface area (TPSA) is 87.9 Å². The van der Waals surface area contributed by atoms with Gasteiger partial charge in [-0.05, 0) is 25.1 Å². The van der Waals surface area contributed by atoms with Crippen molar-refractivity contribution in [3.8, 4) is 11.6 Å². The van der Waals surface area contributed by atoms with Gasteiger partial charge in [-0.2, -0.15) is 10.1 Å². The zero-order valence-corrected chi connectivity index (χ0v) is 15.0. The maximum atomic E-state index is 13.9. The highest BCUT2D eigenvalue weighted by atomic mass is 19.1. The van der Waals surface area contributed by atoms with Gasteiger partial charge in [0, 0.05) is 35.5 Å². The number of H-pyrrole nitrogens is 1. The van der Waals surface area contributed by atoms with E-state index in [1.54, 1.807) is 24.0 Å². The Morgan fingerprint density at radius 3 is 2.96 bits per heavy atom. The SMILES string of the molecule is Cc1c(F)cccc1N1CC(c2noc(-c3n[nH]c4ccccc34)n2)CC1=O. The van der Waals surface area contributed by atoms with E-state index < -0.39 is 0 Å². The molecule has 1 atom stereocenters. The fourth-order valence-electron chi connectivity index (χ4n) is 3.63. The van der Waals surface area contributed by atoms with E-state index in [-0.39, 0.29) is 24.1 Å². The molecular weight excluding hydrogens is 361 g/mol. The maximum absolute atomic E-state index is 13.9. The third-order valence-corrected chi connectivity index (χ3v) is 5.13. The fourth-order valence-corrected chi connectivity index (χ4v) is 3.63.